The minimum absolute atomic E-state index is 0.134. The quantitative estimate of drug-likeness (QED) is 0.693. The first kappa shape index (κ1) is 8.51. The summed E-state index contributed by atoms with van der Waals surface area (Å²) in [6.07, 6.45) is 0.968. The Labute approximate surface area is 76.4 Å². The Hall–Kier alpha value is -1.09. The van der Waals surface area contributed by atoms with Crippen molar-refractivity contribution in [3.63, 3.8) is 0 Å². The zero-order valence-corrected chi connectivity index (χ0v) is 7.47. The zero-order chi connectivity index (χ0) is 9.42. The van der Waals surface area contributed by atoms with Gasteiger partial charge in [0.1, 0.15) is 0 Å². The second-order valence-corrected chi connectivity index (χ2v) is 3.43. The number of hydrogen-bond acceptors (Lipinski definition) is 2. The Kier molecular flexibility index (Phi) is 1.96. The Morgan fingerprint density at radius 2 is 2.23 bits per heavy atom. The molecule has 1 aliphatic heterocycles. The summed E-state index contributed by atoms with van der Waals surface area (Å²) in [5, 5.41) is 12.6. The number of phenols is 1. The molecule has 0 aromatic heterocycles. The molecule has 0 radical (unpaired) electrons. The lowest BCUT2D eigenvalue weighted by atomic mass is 9.96. The van der Waals surface area contributed by atoms with E-state index in [0.717, 1.165) is 13.0 Å². The van der Waals surface area contributed by atoms with Gasteiger partial charge in [-0.3, -0.25) is 0 Å². The fourth-order valence-corrected chi connectivity index (χ4v) is 1.52. The molecule has 0 aliphatic carbocycles. The topological polar surface area (TPSA) is 32.3 Å². The van der Waals surface area contributed by atoms with Gasteiger partial charge in [0.25, 0.3) is 0 Å². The van der Waals surface area contributed by atoms with E-state index in [2.05, 4.69) is 5.32 Å². The van der Waals surface area contributed by atoms with Crippen LogP contribution in [0.4, 0.5) is 4.39 Å². The van der Waals surface area contributed by atoms with E-state index in [1.165, 1.54) is 0 Å². The average Bonchev–Trinajstić information content (AvgIpc) is 2.03. The van der Waals surface area contributed by atoms with Crippen LogP contribution in [0.1, 0.15) is 23.6 Å². The van der Waals surface area contributed by atoms with Gasteiger partial charge in [-0.25, -0.2) is 4.39 Å². The predicted molar refractivity (Wildman–Crippen MR) is 48.2 cm³/mol. The van der Waals surface area contributed by atoms with Crippen molar-refractivity contribution in [1.29, 1.82) is 0 Å². The summed E-state index contributed by atoms with van der Waals surface area (Å²) in [6.45, 7) is 2.59. The summed E-state index contributed by atoms with van der Waals surface area (Å²) in [5.41, 5.74) is 1.16. The molecule has 1 saturated heterocycles. The molecular weight excluding hydrogens is 169 g/mol. The van der Waals surface area contributed by atoms with Crippen molar-refractivity contribution in [2.75, 3.05) is 6.54 Å². The largest absolute Gasteiger partial charge is 0.505 e. The van der Waals surface area contributed by atoms with Gasteiger partial charge in [-0.1, -0.05) is 12.1 Å². The van der Waals surface area contributed by atoms with E-state index in [-0.39, 0.29) is 11.8 Å². The van der Waals surface area contributed by atoms with Crippen LogP contribution >= 0.6 is 0 Å². The molecule has 13 heavy (non-hydrogen) atoms. The Balaban J connectivity index is 2.41. The van der Waals surface area contributed by atoms with E-state index in [1.807, 2.05) is 0 Å². The number of halogens is 1. The Morgan fingerprint density at radius 1 is 1.54 bits per heavy atom. The third kappa shape index (κ3) is 1.29. The molecule has 2 nitrogen and oxygen atoms in total. The molecule has 0 bridgehead atoms. The van der Waals surface area contributed by atoms with E-state index in [0.29, 0.717) is 11.1 Å². The second kappa shape index (κ2) is 3.00. The average molecular weight is 181 g/mol. The summed E-state index contributed by atoms with van der Waals surface area (Å²) >= 11 is 0. The lowest BCUT2D eigenvalue weighted by Gasteiger charge is -2.28. The van der Waals surface area contributed by atoms with Crippen LogP contribution in [0.15, 0.2) is 12.1 Å². The van der Waals surface area contributed by atoms with Gasteiger partial charge in [0.15, 0.2) is 11.6 Å². The van der Waals surface area contributed by atoms with Crippen LogP contribution in [-0.4, -0.2) is 11.7 Å². The molecule has 1 atom stereocenters. The molecule has 3 heteroatoms. The number of benzene rings is 1. The molecule has 0 unspecified atom stereocenters. The molecular formula is C10H12FNO. The summed E-state index contributed by atoms with van der Waals surface area (Å²) in [4.78, 5) is 0. The molecule has 2 rings (SSSR count). The fourth-order valence-electron chi connectivity index (χ4n) is 1.52. The molecule has 1 aromatic rings. The maximum Gasteiger partial charge on any atom is 0.168 e. The molecule has 0 spiro atoms. The molecule has 0 saturated carbocycles. The van der Waals surface area contributed by atoms with E-state index in [9.17, 15) is 9.50 Å². The molecule has 1 heterocycles. The van der Waals surface area contributed by atoms with Crippen LogP contribution in [0.25, 0.3) is 0 Å². The van der Waals surface area contributed by atoms with Crippen molar-refractivity contribution in [2.45, 2.75) is 19.4 Å². The standard InChI is InChI=1S/C10H12FNO/c1-6-2-3-7(8-4-5-12-8)10(13)9(6)11/h2-3,8,12-13H,4-5H2,1H3/t8-/m1/s1. The van der Waals surface area contributed by atoms with E-state index < -0.39 is 5.82 Å². The van der Waals surface area contributed by atoms with E-state index >= 15 is 0 Å². The number of phenolic OH excluding ortho intramolecular Hbond substituents is 1. The van der Waals surface area contributed by atoms with Crippen molar-refractivity contribution in [3.05, 3.63) is 29.1 Å². The van der Waals surface area contributed by atoms with Gasteiger partial charge in [-0.15, -0.1) is 0 Å². The molecule has 70 valence electrons. The van der Waals surface area contributed by atoms with Crippen molar-refractivity contribution < 1.29 is 9.50 Å². The molecule has 1 aromatic carbocycles. The first-order valence-corrected chi connectivity index (χ1v) is 4.41. The van der Waals surface area contributed by atoms with Gasteiger partial charge >= 0.3 is 0 Å². The van der Waals surface area contributed by atoms with Gasteiger partial charge in [0, 0.05) is 11.6 Å². The summed E-state index contributed by atoms with van der Waals surface area (Å²) in [6, 6.07) is 3.62. The lowest BCUT2D eigenvalue weighted by Crippen LogP contribution is -2.35. The third-order valence-electron chi connectivity index (χ3n) is 2.54. The van der Waals surface area contributed by atoms with E-state index in [1.54, 1.807) is 19.1 Å². The molecule has 1 fully saturated rings. The van der Waals surface area contributed by atoms with Crippen molar-refractivity contribution in [2.24, 2.45) is 0 Å². The smallest absolute Gasteiger partial charge is 0.168 e. The third-order valence-corrected chi connectivity index (χ3v) is 2.54. The number of rotatable bonds is 1. The Bertz CT molecular complexity index is 334. The number of aryl methyl sites for hydroxylation is 1. The summed E-state index contributed by atoms with van der Waals surface area (Å²) in [7, 11) is 0. The van der Waals surface area contributed by atoms with Crippen LogP contribution in [0, 0.1) is 12.7 Å². The van der Waals surface area contributed by atoms with Gasteiger partial charge in [0.05, 0.1) is 0 Å². The van der Waals surface area contributed by atoms with Crippen LogP contribution in [0.3, 0.4) is 0 Å². The lowest BCUT2D eigenvalue weighted by molar-refractivity contribution is 0.354. The predicted octanol–water partition coefficient (Wildman–Crippen LogP) is 1.87. The highest BCUT2D eigenvalue weighted by atomic mass is 19.1. The minimum atomic E-state index is -0.494. The minimum Gasteiger partial charge on any atom is -0.505 e. The highest BCUT2D eigenvalue weighted by Crippen LogP contribution is 2.33. The fraction of sp³-hybridized carbons (Fsp3) is 0.400. The number of nitrogens with one attached hydrogen (secondary N) is 1. The Morgan fingerprint density at radius 3 is 2.77 bits per heavy atom. The zero-order valence-electron chi connectivity index (χ0n) is 7.47. The highest BCUT2D eigenvalue weighted by Gasteiger charge is 2.23. The first-order valence-electron chi connectivity index (χ1n) is 4.41. The molecule has 2 N–H and O–H groups in total. The number of aromatic hydroxyl groups is 1. The SMILES string of the molecule is Cc1ccc([C@H]2CCN2)c(O)c1F. The number of hydrogen-bond donors (Lipinski definition) is 2. The van der Waals surface area contributed by atoms with Crippen LogP contribution in [0.2, 0.25) is 0 Å². The second-order valence-electron chi connectivity index (χ2n) is 3.43. The summed E-state index contributed by atoms with van der Waals surface area (Å²) in [5.74, 6) is -0.691. The monoisotopic (exact) mass is 181 g/mol. The van der Waals surface area contributed by atoms with Crippen LogP contribution in [0.5, 0.6) is 5.75 Å². The van der Waals surface area contributed by atoms with Crippen molar-refractivity contribution >= 4 is 0 Å². The van der Waals surface area contributed by atoms with Gasteiger partial charge in [0.2, 0.25) is 0 Å². The van der Waals surface area contributed by atoms with Gasteiger partial charge in [-0.05, 0) is 25.5 Å². The maximum absolute atomic E-state index is 13.2. The van der Waals surface area contributed by atoms with E-state index in [4.69, 9.17) is 0 Å². The first-order chi connectivity index (χ1) is 6.20. The molecule has 0 amide bonds. The van der Waals surface area contributed by atoms with Crippen molar-refractivity contribution in [1.82, 2.24) is 5.32 Å². The highest BCUT2D eigenvalue weighted by molar-refractivity contribution is 5.40. The van der Waals surface area contributed by atoms with Crippen molar-refractivity contribution in [3.8, 4) is 5.75 Å². The molecule has 1 aliphatic rings. The van der Waals surface area contributed by atoms with Gasteiger partial charge < -0.3 is 10.4 Å². The van der Waals surface area contributed by atoms with Crippen LogP contribution < -0.4 is 5.32 Å². The van der Waals surface area contributed by atoms with Crippen LogP contribution in [-0.2, 0) is 0 Å². The van der Waals surface area contributed by atoms with Gasteiger partial charge in [-0.2, -0.15) is 0 Å². The summed E-state index contributed by atoms with van der Waals surface area (Å²) < 4.78 is 13.2. The normalized spacial score (nSPS) is 21.2. The maximum atomic E-state index is 13.2.